The zero-order valence-corrected chi connectivity index (χ0v) is 11.2. The van der Waals surface area contributed by atoms with E-state index in [0.29, 0.717) is 18.4 Å². The van der Waals surface area contributed by atoms with Crippen molar-refractivity contribution in [2.24, 2.45) is 17.6 Å². The van der Waals surface area contributed by atoms with Gasteiger partial charge in [-0.15, -0.1) is 0 Å². The lowest BCUT2D eigenvalue weighted by Gasteiger charge is -2.30. The molecule has 3 nitrogen and oxygen atoms in total. The summed E-state index contributed by atoms with van der Waals surface area (Å²) < 4.78 is 5.42. The molecule has 2 unspecified atom stereocenters. The molecule has 0 radical (unpaired) electrons. The Balaban J connectivity index is 3.07. The Morgan fingerprint density at radius 1 is 1.29 bits per heavy atom. The molecule has 1 aromatic rings. The molecule has 0 saturated heterocycles. The van der Waals surface area contributed by atoms with Gasteiger partial charge < -0.3 is 15.8 Å². The van der Waals surface area contributed by atoms with E-state index in [0.717, 1.165) is 5.75 Å². The second kappa shape index (κ2) is 6.62. The molecule has 17 heavy (non-hydrogen) atoms. The van der Waals surface area contributed by atoms with Crippen LogP contribution in [0.3, 0.4) is 0 Å². The average molecular weight is 236 g/mol. The molecular weight excluding hydrogens is 212 g/mol. The molecule has 1 aromatic carbocycles. The van der Waals surface area contributed by atoms with Crippen LogP contribution in [0, 0.1) is 11.8 Å². The van der Waals surface area contributed by atoms with Crippen molar-refractivity contribution < 1.29 is 4.74 Å². The van der Waals surface area contributed by atoms with Crippen LogP contribution in [0.15, 0.2) is 24.3 Å². The summed E-state index contributed by atoms with van der Waals surface area (Å²) in [5.41, 5.74) is 7.08. The van der Waals surface area contributed by atoms with Crippen LogP contribution in [-0.4, -0.2) is 20.7 Å². The van der Waals surface area contributed by atoms with E-state index < -0.39 is 0 Å². The summed E-state index contributed by atoms with van der Waals surface area (Å²) in [6.07, 6.45) is 0. The summed E-state index contributed by atoms with van der Waals surface area (Å²) in [5.74, 6) is 1.85. The number of methoxy groups -OCH3 is 1. The van der Waals surface area contributed by atoms with Crippen molar-refractivity contribution in [1.29, 1.82) is 0 Å². The van der Waals surface area contributed by atoms with Gasteiger partial charge in [-0.1, -0.05) is 32.0 Å². The third-order valence-corrected chi connectivity index (χ3v) is 3.34. The number of para-hydroxylation sites is 1. The number of rotatable bonds is 6. The quantitative estimate of drug-likeness (QED) is 0.796. The van der Waals surface area contributed by atoms with Crippen LogP contribution in [0.5, 0.6) is 5.75 Å². The molecule has 0 amide bonds. The highest BCUT2D eigenvalue weighted by atomic mass is 16.5. The third-order valence-electron chi connectivity index (χ3n) is 3.34. The fourth-order valence-corrected chi connectivity index (χ4v) is 2.32. The van der Waals surface area contributed by atoms with Crippen LogP contribution in [-0.2, 0) is 0 Å². The summed E-state index contributed by atoms with van der Waals surface area (Å²) in [6.45, 7) is 5.08. The minimum Gasteiger partial charge on any atom is -0.496 e. The van der Waals surface area contributed by atoms with Gasteiger partial charge in [-0.05, 0) is 31.5 Å². The lowest BCUT2D eigenvalue weighted by atomic mass is 9.84. The van der Waals surface area contributed by atoms with Gasteiger partial charge in [-0.25, -0.2) is 0 Å². The first-order chi connectivity index (χ1) is 8.15. The summed E-state index contributed by atoms with van der Waals surface area (Å²) in [4.78, 5) is 0. The van der Waals surface area contributed by atoms with Crippen LogP contribution in [0.25, 0.3) is 0 Å². The molecule has 3 heteroatoms. The molecule has 3 N–H and O–H groups in total. The minimum atomic E-state index is 0.233. The minimum absolute atomic E-state index is 0.233. The smallest absolute Gasteiger partial charge is 0.123 e. The van der Waals surface area contributed by atoms with Crippen molar-refractivity contribution in [3.05, 3.63) is 29.8 Å². The standard InChI is InChI=1S/C14H24N2O/c1-10(2)12(9-15)14(16-3)11-7-5-6-8-13(11)17-4/h5-8,10,12,14,16H,9,15H2,1-4H3. The van der Waals surface area contributed by atoms with E-state index in [1.807, 2.05) is 25.2 Å². The largest absolute Gasteiger partial charge is 0.496 e. The highest BCUT2D eigenvalue weighted by Crippen LogP contribution is 2.32. The van der Waals surface area contributed by atoms with Gasteiger partial charge >= 0.3 is 0 Å². The van der Waals surface area contributed by atoms with Crippen molar-refractivity contribution >= 4 is 0 Å². The van der Waals surface area contributed by atoms with Crippen molar-refractivity contribution in [3.8, 4) is 5.75 Å². The molecule has 0 bridgehead atoms. The highest BCUT2D eigenvalue weighted by Gasteiger charge is 2.25. The van der Waals surface area contributed by atoms with Gasteiger partial charge in [0.15, 0.2) is 0 Å². The van der Waals surface area contributed by atoms with Gasteiger partial charge in [0.2, 0.25) is 0 Å². The Bertz CT molecular complexity index is 339. The van der Waals surface area contributed by atoms with Gasteiger partial charge in [0, 0.05) is 11.6 Å². The number of nitrogens with one attached hydrogen (secondary N) is 1. The highest BCUT2D eigenvalue weighted by molar-refractivity contribution is 5.36. The van der Waals surface area contributed by atoms with E-state index >= 15 is 0 Å². The molecule has 0 aliphatic carbocycles. The van der Waals surface area contributed by atoms with E-state index in [1.54, 1.807) is 7.11 Å². The molecule has 0 aliphatic heterocycles. The van der Waals surface area contributed by atoms with Crippen molar-refractivity contribution in [3.63, 3.8) is 0 Å². The maximum Gasteiger partial charge on any atom is 0.123 e. The predicted molar refractivity (Wildman–Crippen MR) is 72.2 cm³/mol. The summed E-state index contributed by atoms with van der Waals surface area (Å²) >= 11 is 0. The van der Waals surface area contributed by atoms with Crippen molar-refractivity contribution in [2.45, 2.75) is 19.9 Å². The lowest BCUT2D eigenvalue weighted by molar-refractivity contribution is 0.290. The molecule has 2 atom stereocenters. The molecule has 0 heterocycles. The maximum absolute atomic E-state index is 5.90. The molecule has 96 valence electrons. The molecule has 0 spiro atoms. The molecule has 0 saturated carbocycles. The normalized spacial score (nSPS) is 14.7. The van der Waals surface area contributed by atoms with Gasteiger partial charge in [0.25, 0.3) is 0 Å². The second-order valence-corrected chi connectivity index (χ2v) is 4.65. The van der Waals surface area contributed by atoms with Crippen LogP contribution < -0.4 is 15.8 Å². The SMILES string of the molecule is CNC(c1ccccc1OC)C(CN)C(C)C. The molecule has 0 aromatic heterocycles. The first-order valence-corrected chi connectivity index (χ1v) is 6.15. The first kappa shape index (κ1) is 14.0. The van der Waals surface area contributed by atoms with E-state index in [9.17, 15) is 0 Å². The van der Waals surface area contributed by atoms with Gasteiger partial charge in [0.1, 0.15) is 5.75 Å². The number of nitrogens with two attached hydrogens (primary N) is 1. The Morgan fingerprint density at radius 3 is 2.41 bits per heavy atom. The zero-order valence-electron chi connectivity index (χ0n) is 11.2. The molecule has 0 aliphatic rings. The lowest BCUT2D eigenvalue weighted by Crippen LogP contribution is -2.34. The van der Waals surface area contributed by atoms with E-state index in [2.05, 4.69) is 25.2 Å². The number of hydrogen-bond acceptors (Lipinski definition) is 3. The van der Waals surface area contributed by atoms with E-state index in [4.69, 9.17) is 10.5 Å². The Kier molecular flexibility index (Phi) is 5.45. The van der Waals surface area contributed by atoms with Crippen LogP contribution in [0.4, 0.5) is 0 Å². The number of ether oxygens (including phenoxy) is 1. The van der Waals surface area contributed by atoms with Gasteiger partial charge in [-0.2, -0.15) is 0 Å². The van der Waals surface area contributed by atoms with Crippen molar-refractivity contribution in [2.75, 3.05) is 20.7 Å². The zero-order chi connectivity index (χ0) is 12.8. The monoisotopic (exact) mass is 236 g/mol. The molecule has 0 fully saturated rings. The van der Waals surface area contributed by atoms with Crippen molar-refractivity contribution in [1.82, 2.24) is 5.32 Å². The third kappa shape index (κ3) is 3.20. The Morgan fingerprint density at radius 2 is 1.94 bits per heavy atom. The summed E-state index contributed by atoms with van der Waals surface area (Å²) in [7, 11) is 3.68. The van der Waals surface area contributed by atoms with Gasteiger partial charge in [0.05, 0.1) is 7.11 Å². The number of hydrogen-bond donors (Lipinski definition) is 2. The predicted octanol–water partition coefficient (Wildman–Crippen LogP) is 2.19. The molecular formula is C14H24N2O. The van der Waals surface area contributed by atoms with E-state index in [-0.39, 0.29) is 6.04 Å². The van der Waals surface area contributed by atoms with E-state index in [1.165, 1.54) is 5.56 Å². The summed E-state index contributed by atoms with van der Waals surface area (Å²) in [6, 6.07) is 8.35. The van der Waals surface area contributed by atoms with Gasteiger partial charge in [-0.3, -0.25) is 0 Å². The average Bonchev–Trinajstić information content (AvgIpc) is 2.35. The molecule has 1 rings (SSSR count). The Labute approximate surface area is 104 Å². The topological polar surface area (TPSA) is 47.3 Å². The fraction of sp³-hybridized carbons (Fsp3) is 0.571. The van der Waals surface area contributed by atoms with Crippen LogP contribution in [0.2, 0.25) is 0 Å². The number of benzene rings is 1. The van der Waals surface area contributed by atoms with Crippen LogP contribution in [0.1, 0.15) is 25.5 Å². The Hall–Kier alpha value is -1.06. The summed E-state index contributed by atoms with van der Waals surface area (Å²) in [5, 5.41) is 3.37. The second-order valence-electron chi connectivity index (χ2n) is 4.65. The maximum atomic E-state index is 5.90. The first-order valence-electron chi connectivity index (χ1n) is 6.15. The fourth-order valence-electron chi connectivity index (χ4n) is 2.32. The van der Waals surface area contributed by atoms with Crippen LogP contribution >= 0.6 is 0 Å².